The molecule has 4 N–H and O–H groups in total. The van der Waals surface area contributed by atoms with Gasteiger partial charge in [0.2, 0.25) is 0 Å². The topological polar surface area (TPSA) is 141 Å². The monoisotopic (exact) mass is 452 g/mol. The van der Waals surface area contributed by atoms with Crippen LogP contribution in [0.3, 0.4) is 0 Å². The largest absolute Gasteiger partial charge is 0.497 e. The smallest absolute Gasteiger partial charge is 0.263 e. The number of pyridine rings is 1. The lowest BCUT2D eigenvalue weighted by molar-refractivity contribution is 0.395. The van der Waals surface area contributed by atoms with Crippen LogP contribution in [0.25, 0.3) is 11.2 Å². The van der Waals surface area contributed by atoms with Gasteiger partial charge in [-0.05, 0) is 30.3 Å². The summed E-state index contributed by atoms with van der Waals surface area (Å²) in [5.41, 5.74) is 7.39. The molecule has 164 valence electrons. The number of benzene rings is 2. The highest BCUT2D eigenvalue weighted by Gasteiger charge is 2.20. The SMILES string of the molecule is COc1cc(Nc2nc3ncccc3nc2NS(=O)(=O)c2cccc(N)c2)cc(OC)c1. The second-order valence-electron chi connectivity index (χ2n) is 6.67. The molecule has 0 unspecified atom stereocenters. The second kappa shape index (κ2) is 8.55. The van der Waals surface area contributed by atoms with Gasteiger partial charge in [0.1, 0.15) is 17.0 Å². The first-order valence-electron chi connectivity index (χ1n) is 9.39. The zero-order valence-corrected chi connectivity index (χ0v) is 18.1. The summed E-state index contributed by atoms with van der Waals surface area (Å²) in [7, 11) is -0.925. The van der Waals surface area contributed by atoms with E-state index < -0.39 is 10.0 Å². The number of sulfonamides is 1. The third kappa shape index (κ3) is 4.47. The van der Waals surface area contributed by atoms with Gasteiger partial charge < -0.3 is 20.5 Å². The summed E-state index contributed by atoms with van der Waals surface area (Å²) in [6, 6.07) is 14.5. The van der Waals surface area contributed by atoms with Crippen molar-refractivity contribution < 1.29 is 17.9 Å². The van der Waals surface area contributed by atoms with Gasteiger partial charge in [-0.25, -0.2) is 23.4 Å². The van der Waals surface area contributed by atoms with Crippen molar-refractivity contribution in [3.8, 4) is 11.5 Å². The number of hydrogen-bond donors (Lipinski definition) is 3. The zero-order chi connectivity index (χ0) is 22.7. The van der Waals surface area contributed by atoms with E-state index >= 15 is 0 Å². The van der Waals surface area contributed by atoms with E-state index in [1.807, 2.05) is 0 Å². The van der Waals surface area contributed by atoms with Gasteiger partial charge in [-0.2, -0.15) is 0 Å². The van der Waals surface area contributed by atoms with Crippen LogP contribution in [0.15, 0.2) is 65.7 Å². The van der Waals surface area contributed by atoms with Crippen molar-refractivity contribution in [2.45, 2.75) is 4.90 Å². The van der Waals surface area contributed by atoms with Gasteiger partial charge in [-0.15, -0.1) is 0 Å². The van der Waals surface area contributed by atoms with Gasteiger partial charge in [0.05, 0.1) is 19.1 Å². The van der Waals surface area contributed by atoms with Crippen molar-refractivity contribution in [1.29, 1.82) is 0 Å². The first-order valence-corrected chi connectivity index (χ1v) is 10.9. The minimum Gasteiger partial charge on any atom is -0.497 e. The maximum absolute atomic E-state index is 13.0. The Morgan fingerprint density at radius 2 is 1.66 bits per heavy atom. The number of ether oxygens (including phenoxy) is 2. The van der Waals surface area contributed by atoms with Crippen LogP contribution in [-0.2, 0) is 10.0 Å². The molecule has 2 heterocycles. The summed E-state index contributed by atoms with van der Waals surface area (Å²) >= 11 is 0. The van der Waals surface area contributed by atoms with Gasteiger partial charge >= 0.3 is 0 Å². The fourth-order valence-corrected chi connectivity index (χ4v) is 4.00. The molecule has 0 bridgehead atoms. The summed E-state index contributed by atoms with van der Waals surface area (Å²) in [5.74, 6) is 1.23. The van der Waals surface area contributed by atoms with E-state index in [1.165, 1.54) is 26.4 Å². The molecule has 0 aliphatic rings. The van der Waals surface area contributed by atoms with E-state index in [1.54, 1.807) is 48.7 Å². The van der Waals surface area contributed by atoms with E-state index in [2.05, 4.69) is 25.0 Å². The Hall–Kier alpha value is -4.12. The molecule has 0 saturated heterocycles. The molecule has 0 radical (unpaired) electrons. The molecule has 0 aliphatic heterocycles. The molecule has 0 atom stereocenters. The van der Waals surface area contributed by atoms with E-state index in [0.29, 0.717) is 34.0 Å². The van der Waals surface area contributed by atoms with Crippen LogP contribution in [0.4, 0.5) is 23.0 Å². The third-order valence-electron chi connectivity index (χ3n) is 4.45. The molecule has 2 aromatic heterocycles. The number of nitrogen functional groups attached to an aromatic ring is 1. The number of anilines is 4. The van der Waals surface area contributed by atoms with Crippen LogP contribution in [0.1, 0.15) is 0 Å². The Bertz CT molecular complexity index is 1370. The van der Waals surface area contributed by atoms with Crippen LogP contribution >= 0.6 is 0 Å². The lowest BCUT2D eigenvalue weighted by atomic mass is 10.2. The van der Waals surface area contributed by atoms with Crippen LogP contribution in [0.5, 0.6) is 11.5 Å². The minimum absolute atomic E-state index is 0.000386. The average molecular weight is 452 g/mol. The number of nitrogens with two attached hydrogens (primary N) is 1. The average Bonchev–Trinajstić information content (AvgIpc) is 2.79. The fourth-order valence-electron chi connectivity index (χ4n) is 2.94. The number of fused-ring (bicyclic) bond motifs is 1. The summed E-state index contributed by atoms with van der Waals surface area (Å²) in [6.45, 7) is 0. The van der Waals surface area contributed by atoms with Gasteiger partial charge in [-0.3, -0.25) is 4.72 Å². The second-order valence-corrected chi connectivity index (χ2v) is 8.35. The van der Waals surface area contributed by atoms with Crippen molar-refractivity contribution in [3.05, 3.63) is 60.8 Å². The fraction of sp³-hybridized carbons (Fsp3) is 0.0952. The number of rotatable bonds is 7. The van der Waals surface area contributed by atoms with Gasteiger partial charge in [0, 0.05) is 35.8 Å². The molecule has 4 aromatic rings. The standard InChI is InChI=1S/C21H20N6O4S/c1-30-15-10-14(11-16(12-15)31-2)24-20-21(25-18-7-4-8-23-19(18)26-20)27-32(28,29)17-6-3-5-13(22)9-17/h3-12H,22H2,1-2H3,(H,25,27)(H,23,24,26). The zero-order valence-electron chi connectivity index (χ0n) is 17.2. The van der Waals surface area contributed by atoms with Crippen molar-refractivity contribution in [1.82, 2.24) is 15.0 Å². The van der Waals surface area contributed by atoms with Gasteiger partial charge in [-0.1, -0.05) is 6.07 Å². The maximum atomic E-state index is 13.0. The number of methoxy groups -OCH3 is 2. The summed E-state index contributed by atoms with van der Waals surface area (Å²) < 4.78 is 39.0. The van der Waals surface area contributed by atoms with E-state index in [-0.39, 0.29) is 16.5 Å². The Labute approximate surface area is 184 Å². The van der Waals surface area contributed by atoms with E-state index in [4.69, 9.17) is 15.2 Å². The molecule has 0 spiro atoms. The molecule has 32 heavy (non-hydrogen) atoms. The van der Waals surface area contributed by atoms with Gasteiger partial charge in [0.15, 0.2) is 17.3 Å². The molecule has 10 nitrogen and oxygen atoms in total. The van der Waals surface area contributed by atoms with Crippen LogP contribution in [-0.4, -0.2) is 37.6 Å². The van der Waals surface area contributed by atoms with Crippen LogP contribution in [0.2, 0.25) is 0 Å². The summed E-state index contributed by atoms with van der Waals surface area (Å²) in [4.78, 5) is 13.1. The molecule has 4 rings (SSSR count). The van der Waals surface area contributed by atoms with Crippen molar-refractivity contribution in [2.75, 3.05) is 30.0 Å². The number of aromatic nitrogens is 3. The highest BCUT2D eigenvalue weighted by Crippen LogP contribution is 2.31. The van der Waals surface area contributed by atoms with Crippen molar-refractivity contribution >= 4 is 44.2 Å². The third-order valence-corrected chi connectivity index (χ3v) is 5.79. The highest BCUT2D eigenvalue weighted by atomic mass is 32.2. The number of nitrogens with one attached hydrogen (secondary N) is 2. The Morgan fingerprint density at radius 3 is 2.34 bits per heavy atom. The first-order chi connectivity index (χ1) is 15.4. The van der Waals surface area contributed by atoms with E-state index in [0.717, 1.165) is 0 Å². The molecule has 0 saturated carbocycles. The summed E-state index contributed by atoms with van der Waals surface area (Å²) in [5, 5.41) is 3.07. The molecular formula is C21H20N6O4S. The first kappa shape index (κ1) is 21.1. The quantitative estimate of drug-likeness (QED) is 0.360. The predicted octanol–water partition coefficient (Wildman–Crippen LogP) is 3.17. The van der Waals surface area contributed by atoms with Crippen LogP contribution < -0.4 is 25.2 Å². The number of hydrogen-bond acceptors (Lipinski definition) is 9. The molecular weight excluding hydrogens is 432 g/mol. The van der Waals surface area contributed by atoms with Crippen LogP contribution in [0, 0.1) is 0 Å². The lowest BCUT2D eigenvalue weighted by Gasteiger charge is -2.15. The molecule has 0 fully saturated rings. The van der Waals surface area contributed by atoms with E-state index in [9.17, 15) is 8.42 Å². The molecule has 11 heteroatoms. The minimum atomic E-state index is -3.99. The number of nitrogens with zero attached hydrogens (tertiary/aromatic N) is 3. The Balaban J connectivity index is 1.79. The summed E-state index contributed by atoms with van der Waals surface area (Å²) in [6.07, 6.45) is 1.58. The van der Waals surface area contributed by atoms with Crippen molar-refractivity contribution in [2.24, 2.45) is 0 Å². The molecule has 0 aliphatic carbocycles. The lowest BCUT2D eigenvalue weighted by Crippen LogP contribution is -2.16. The molecule has 2 aromatic carbocycles. The maximum Gasteiger partial charge on any atom is 0.263 e. The molecule has 0 amide bonds. The van der Waals surface area contributed by atoms with Gasteiger partial charge in [0.25, 0.3) is 10.0 Å². The highest BCUT2D eigenvalue weighted by molar-refractivity contribution is 7.92. The van der Waals surface area contributed by atoms with Crippen molar-refractivity contribution in [3.63, 3.8) is 0 Å². The predicted molar refractivity (Wildman–Crippen MR) is 122 cm³/mol. The Morgan fingerprint density at radius 1 is 0.906 bits per heavy atom. The Kier molecular flexibility index (Phi) is 5.65. The normalized spacial score (nSPS) is 11.2.